The van der Waals surface area contributed by atoms with Crippen LogP contribution in [-0.2, 0) is 4.79 Å². The highest BCUT2D eigenvalue weighted by Crippen LogP contribution is 1.92. The van der Waals surface area contributed by atoms with Crippen LogP contribution in [0.5, 0.6) is 0 Å². The van der Waals surface area contributed by atoms with Gasteiger partial charge < -0.3 is 5.32 Å². The molecule has 0 radical (unpaired) electrons. The van der Waals surface area contributed by atoms with Crippen molar-refractivity contribution in [1.82, 2.24) is 15.5 Å². The number of aryl methyl sites for hydroxylation is 1. The minimum Gasteiger partial charge on any atom is -0.355 e. The van der Waals surface area contributed by atoms with Crippen molar-refractivity contribution >= 4 is 5.91 Å². The predicted molar refractivity (Wildman–Crippen MR) is 56.9 cm³/mol. The number of rotatable bonds is 2. The highest BCUT2D eigenvalue weighted by atomic mass is 16.1. The summed E-state index contributed by atoms with van der Waals surface area (Å²) in [6.45, 7) is 3.93. The zero-order valence-corrected chi connectivity index (χ0v) is 8.87. The number of aromatic nitrogens is 2. The van der Waals surface area contributed by atoms with Crippen LogP contribution in [0.3, 0.4) is 0 Å². The third kappa shape index (κ3) is 4.77. The van der Waals surface area contributed by atoms with Crippen molar-refractivity contribution in [3.63, 3.8) is 0 Å². The molecule has 0 spiro atoms. The first kappa shape index (κ1) is 11.2. The molecule has 0 fully saturated rings. The molecular weight excluding hydrogens is 190 g/mol. The number of nitrogens with zero attached hydrogens (tertiary/aromatic N) is 2. The number of nitrogens with one attached hydrogen (secondary N) is 1. The van der Waals surface area contributed by atoms with Gasteiger partial charge in [0.15, 0.2) is 0 Å². The third-order valence-electron chi connectivity index (χ3n) is 1.64. The summed E-state index contributed by atoms with van der Waals surface area (Å²) in [6.07, 6.45) is 0.620. The Morgan fingerprint density at radius 1 is 1.47 bits per heavy atom. The van der Waals surface area contributed by atoms with Gasteiger partial charge in [-0.3, -0.25) is 4.79 Å². The lowest BCUT2D eigenvalue weighted by molar-refractivity contribution is -0.118. The average Bonchev–Trinajstić information content (AvgIpc) is 2.20. The Balaban J connectivity index is 2.38. The molecule has 0 saturated carbocycles. The van der Waals surface area contributed by atoms with Gasteiger partial charge in [0.1, 0.15) is 5.69 Å². The van der Waals surface area contributed by atoms with Gasteiger partial charge in [-0.15, -0.1) is 5.10 Å². The van der Waals surface area contributed by atoms with Gasteiger partial charge in [-0.1, -0.05) is 5.92 Å². The zero-order chi connectivity index (χ0) is 11.1. The number of hydrogen-bond donors (Lipinski definition) is 1. The van der Waals surface area contributed by atoms with Crippen LogP contribution >= 0.6 is 0 Å². The van der Waals surface area contributed by atoms with Crippen molar-refractivity contribution in [2.45, 2.75) is 20.3 Å². The molecule has 0 aliphatic heterocycles. The molecule has 15 heavy (non-hydrogen) atoms. The van der Waals surface area contributed by atoms with E-state index in [0.717, 1.165) is 5.69 Å². The lowest BCUT2D eigenvalue weighted by Crippen LogP contribution is -2.20. The van der Waals surface area contributed by atoms with E-state index in [1.807, 2.05) is 19.1 Å². The standard InChI is InChI=1S/C11H13N3O/c1-9-6-7-11(14-13-9)5-3-4-8-12-10(2)15/h6-7H,4,8H2,1-2H3,(H,12,15). The SMILES string of the molecule is CC(=O)NCCC#Cc1ccc(C)nn1. The van der Waals surface area contributed by atoms with Crippen molar-refractivity contribution in [2.75, 3.05) is 6.54 Å². The van der Waals surface area contributed by atoms with Crippen molar-refractivity contribution in [1.29, 1.82) is 0 Å². The smallest absolute Gasteiger partial charge is 0.216 e. The van der Waals surface area contributed by atoms with Crippen LogP contribution in [0.4, 0.5) is 0 Å². The fourth-order valence-electron chi connectivity index (χ4n) is 0.920. The van der Waals surface area contributed by atoms with Gasteiger partial charge in [-0.05, 0) is 25.0 Å². The first-order chi connectivity index (χ1) is 7.18. The molecule has 0 unspecified atom stereocenters. The summed E-state index contributed by atoms with van der Waals surface area (Å²) in [5.74, 6) is 5.74. The Kier molecular flexibility index (Phi) is 4.30. The summed E-state index contributed by atoms with van der Waals surface area (Å²) in [4.78, 5) is 10.5. The molecule has 4 nitrogen and oxygen atoms in total. The quantitative estimate of drug-likeness (QED) is 0.567. The molecule has 0 bridgehead atoms. The Hall–Kier alpha value is -1.89. The van der Waals surface area contributed by atoms with Crippen LogP contribution in [0.1, 0.15) is 24.7 Å². The third-order valence-corrected chi connectivity index (χ3v) is 1.64. The van der Waals surface area contributed by atoms with E-state index in [-0.39, 0.29) is 5.91 Å². The van der Waals surface area contributed by atoms with Crippen molar-refractivity contribution < 1.29 is 4.79 Å². The van der Waals surface area contributed by atoms with Crippen LogP contribution in [0.15, 0.2) is 12.1 Å². The topological polar surface area (TPSA) is 54.9 Å². The van der Waals surface area contributed by atoms with E-state index < -0.39 is 0 Å². The molecule has 0 aliphatic rings. The summed E-state index contributed by atoms with van der Waals surface area (Å²) in [7, 11) is 0. The molecule has 4 heteroatoms. The van der Waals surface area contributed by atoms with Gasteiger partial charge in [-0.25, -0.2) is 0 Å². The van der Waals surface area contributed by atoms with E-state index in [2.05, 4.69) is 27.4 Å². The minimum absolute atomic E-state index is 0.0353. The van der Waals surface area contributed by atoms with Crippen LogP contribution in [0.25, 0.3) is 0 Å². The molecule has 1 heterocycles. The predicted octanol–water partition coefficient (Wildman–Crippen LogP) is 0.663. The summed E-state index contributed by atoms with van der Waals surface area (Å²) in [5, 5.41) is 10.4. The highest BCUT2D eigenvalue weighted by molar-refractivity contribution is 5.72. The van der Waals surface area contributed by atoms with Gasteiger partial charge >= 0.3 is 0 Å². The van der Waals surface area contributed by atoms with E-state index in [1.54, 1.807) is 0 Å². The fraction of sp³-hybridized carbons (Fsp3) is 0.364. The van der Waals surface area contributed by atoms with E-state index in [0.29, 0.717) is 18.7 Å². The Morgan fingerprint density at radius 2 is 2.27 bits per heavy atom. The lowest BCUT2D eigenvalue weighted by atomic mass is 10.3. The molecular formula is C11H13N3O. The van der Waals surface area contributed by atoms with Crippen LogP contribution in [0, 0.1) is 18.8 Å². The minimum atomic E-state index is -0.0353. The lowest BCUT2D eigenvalue weighted by Gasteiger charge is -1.94. The van der Waals surface area contributed by atoms with Gasteiger partial charge in [0.05, 0.1) is 5.69 Å². The molecule has 0 aliphatic carbocycles. The summed E-state index contributed by atoms with van der Waals surface area (Å²) < 4.78 is 0. The number of carbonyl (C=O) groups excluding carboxylic acids is 1. The first-order valence-corrected chi connectivity index (χ1v) is 4.72. The maximum absolute atomic E-state index is 10.5. The molecule has 0 saturated heterocycles. The van der Waals surface area contributed by atoms with Gasteiger partial charge in [0.2, 0.25) is 5.91 Å². The molecule has 0 atom stereocenters. The van der Waals surface area contributed by atoms with Crippen molar-refractivity contribution in [3.05, 3.63) is 23.5 Å². The largest absolute Gasteiger partial charge is 0.355 e. The summed E-state index contributed by atoms with van der Waals surface area (Å²) in [6, 6.07) is 3.69. The highest BCUT2D eigenvalue weighted by Gasteiger charge is 1.89. The Bertz CT molecular complexity index is 387. The average molecular weight is 203 g/mol. The van der Waals surface area contributed by atoms with Crippen molar-refractivity contribution in [2.24, 2.45) is 0 Å². The Labute approximate surface area is 89.1 Å². The number of amides is 1. The molecule has 1 aromatic rings. The molecule has 1 rings (SSSR count). The molecule has 78 valence electrons. The van der Waals surface area contributed by atoms with Gasteiger partial charge in [0.25, 0.3) is 0 Å². The maximum atomic E-state index is 10.5. The maximum Gasteiger partial charge on any atom is 0.216 e. The van der Waals surface area contributed by atoms with E-state index in [1.165, 1.54) is 6.92 Å². The van der Waals surface area contributed by atoms with Crippen LogP contribution in [-0.4, -0.2) is 22.6 Å². The molecule has 1 aromatic heterocycles. The number of hydrogen-bond acceptors (Lipinski definition) is 3. The van der Waals surface area contributed by atoms with Crippen LogP contribution < -0.4 is 5.32 Å². The molecule has 1 amide bonds. The van der Waals surface area contributed by atoms with Gasteiger partial charge in [0, 0.05) is 19.9 Å². The second kappa shape index (κ2) is 5.76. The van der Waals surface area contributed by atoms with E-state index in [9.17, 15) is 4.79 Å². The van der Waals surface area contributed by atoms with Crippen LogP contribution in [0.2, 0.25) is 0 Å². The van der Waals surface area contributed by atoms with E-state index in [4.69, 9.17) is 0 Å². The number of carbonyl (C=O) groups is 1. The zero-order valence-electron chi connectivity index (χ0n) is 8.87. The van der Waals surface area contributed by atoms with Gasteiger partial charge in [-0.2, -0.15) is 5.10 Å². The monoisotopic (exact) mass is 203 g/mol. The molecule has 1 N–H and O–H groups in total. The van der Waals surface area contributed by atoms with Crippen molar-refractivity contribution in [3.8, 4) is 11.8 Å². The second-order valence-corrected chi connectivity index (χ2v) is 3.09. The summed E-state index contributed by atoms with van der Waals surface area (Å²) >= 11 is 0. The summed E-state index contributed by atoms with van der Waals surface area (Å²) in [5.41, 5.74) is 1.53. The Morgan fingerprint density at radius 3 is 2.87 bits per heavy atom. The first-order valence-electron chi connectivity index (χ1n) is 4.72. The fourth-order valence-corrected chi connectivity index (χ4v) is 0.920. The molecule has 0 aromatic carbocycles. The normalized spacial score (nSPS) is 8.93. The van der Waals surface area contributed by atoms with E-state index >= 15 is 0 Å². The second-order valence-electron chi connectivity index (χ2n) is 3.09.